The SMILES string of the molecule is CN(C(=O)/C=C/c1cccc(Cl)c1)C1CCS(=O)(=O)C1. The van der Waals surface area contributed by atoms with Gasteiger partial charge in [0.15, 0.2) is 9.84 Å². The molecular weight excluding hydrogens is 298 g/mol. The summed E-state index contributed by atoms with van der Waals surface area (Å²) < 4.78 is 22.8. The molecule has 1 amide bonds. The molecular formula is C14H16ClNO3S. The molecule has 0 N–H and O–H groups in total. The summed E-state index contributed by atoms with van der Waals surface area (Å²) in [5.41, 5.74) is 0.832. The van der Waals surface area contributed by atoms with E-state index in [1.54, 1.807) is 31.3 Å². The van der Waals surface area contributed by atoms with Crippen molar-refractivity contribution < 1.29 is 13.2 Å². The van der Waals surface area contributed by atoms with Crippen molar-refractivity contribution >= 4 is 33.4 Å². The zero-order valence-corrected chi connectivity index (χ0v) is 12.7. The first-order valence-corrected chi connectivity index (χ1v) is 8.48. The number of sulfone groups is 1. The topological polar surface area (TPSA) is 54.5 Å². The molecule has 1 heterocycles. The Morgan fingerprint density at radius 2 is 2.20 bits per heavy atom. The Morgan fingerprint density at radius 1 is 1.45 bits per heavy atom. The van der Waals surface area contributed by atoms with Crippen LogP contribution in [0.5, 0.6) is 0 Å². The molecule has 6 heteroatoms. The maximum atomic E-state index is 12.0. The number of hydrogen-bond acceptors (Lipinski definition) is 3. The molecule has 1 aliphatic rings. The average Bonchev–Trinajstić information content (AvgIpc) is 2.75. The van der Waals surface area contributed by atoms with Gasteiger partial charge < -0.3 is 4.90 Å². The molecule has 2 rings (SSSR count). The minimum absolute atomic E-state index is 0.0558. The highest BCUT2D eigenvalue weighted by Gasteiger charge is 2.31. The summed E-state index contributed by atoms with van der Waals surface area (Å²) in [5.74, 6) is 0.0140. The van der Waals surface area contributed by atoms with Crippen molar-refractivity contribution in [1.29, 1.82) is 0 Å². The molecule has 20 heavy (non-hydrogen) atoms. The number of nitrogens with zero attached hydrogens (tertiary/aromatic N) is 1. The Bertz CT molecular complexity index is 640. The lowest BCUT2D eigenvalue weighted by molar-refractivity contribution is -0.126. The van der Waals surface area contributed by atoms with Crippen molar-refractivity contribution in [3.8, 4) is 0 Å². The Kier molecular flexibility index (Phi) is 4.50. The summed E-state index contributed by atoms with van der Waals surface area (Å²) in [6.45, 7) is 0. The molecule has 1 fully saturated rings. The second kappa shape index (κ2) is 5.97. The molecule has 1 aromatic rings. The summed E-state index contributed by atoms with van der Waals surface area (Å²) in [4.78, 5) is 13.5. The van der Waals surface area contributed by atoms with Gasteiger partial charge in [0.25, 0.3) is 0 Å². The number of carbonyl (C=O) groups is 1. The number of likely N-dealkylation sites (N-methyl/N-ethyl adjacent to an activating group) is 1. The van der Waals surface area contributed by atoms with Crippen LogP contribution in [0, 0.1) is 0 Å². The largest absolute Gasteiger partial charge is 0.338 e. The van der Waals surface area contributed by atoms with Crippen LogP contribution in [-0.2, 0) is 14.6 Å². The molecule has 0 aliphatic carbocycles. The van der Waals surface area contributed by atoms with Gasteiger partial charge in [-0.3, -0.25) is 4.79 Å². The van der Waals surface area contributed by atoms with E-state index in [0.29, 0.717) is 11.4 Å². The lowest BCUT2D eigenvalue weighted by atomic mass is 10.2. The van der Waals surface area contributed by atoms with Crippen LogP contribution in [0.25, 0.3) is 6.08 Å². The van der Waals surface area contributed by atoms with E-state index >= 15 is 0 Å². The van der Waals surface area contributed by atoms with E-state index in [0.717, 1.165) is 5.56 Å². The molecule has 1 aliphatic heterocycles. The molecule has 4 nitrogen and oxygen atoms in total. The number of carbonyl (C=O) groups excluding carboxylic acids is 1. The molecule has 1 atom stereocenters. The summed E-state index contributed by atoms with van der Waals surface area (Å²) in [6, 6.07) is 6.94. The first-order chi connectivity index (χ1) is 9.37. The highest BCUT2D eigenvalue weighted by atomic mass is 35.5. The minimum Gasteiger partial charge on any atom is -0.338 e. The van der Waals surface area contributed by atoms with Crippen molar-refractivity contribution in [1.82, 2.24) is 4.90 Å². The minimum atomic E-state index is -2.98. The Labute approximate surface area is 124 Å². The first kappa shape index (κ1) is 15.1. The molecule has 0 radical (unpaired) electrons. The molecule has 0 bridgehead atoms. The van der Waals surface area contributed by atoms with Gasteiger partial charge in [0.2, 0.25) is 5.91 Å². The van der Waals surface area contributed by atoms with Gasteiger partial charge in [-0.05, 0) is 30.2 Å². The van der Waals surface area contributed by atoms with Crippen LogP contribution < -0.4 is 0 Å². The van der Waals surface area contributed by atoms with Gasteiger partial charge in [0, 0.05) is 24.2 Å². The van der Waals surface area contributed by atoms with Crippen molar-refractivity contribution in [2.24, 2.45) is 0 Å². The van der Waals surface area contributed by atoms with Gasteiger partial charge >= 0.3 is 0 Å². The maximum Gasteiger partial charge on any atom is 0.246 e. The molecule has 0 aromatic heterocycles. The van der Waals surface area contributed by atoms with Crippen LogP contribution in [0.3, 0.4) is 0 Å². The number of amides is 1. The quantitative estimate of drug-likeness (QED) is 0.802. The number of hydrogen-bond donors (Lipinski definition) is 0. The average molecular weight is 314 g/mol. The van der Waals surface area contributed by atoms with Crippen LogP contribution in [0.4, 0.5) is 0 Å². The van der Waals surface area contributed by atoms with Crippen LogP contribution >= 0.6 is 11.6 Å². The Morgan fingerprint density at radius 3 is 2.80 bits per heavy atom. The van der Waals surface area contributed by atoms with Crippen molar-refractivity contribution in [3.63, 3.8) is 0 Å². The first-order valence-electron chi connectivity index (χ1n) is 6.28. The van der Waals surface area contributed by atoms with E-state index in [1.165, 1.54) is 11.0 Å². The molecule has 108 valence electrons. The third-order valence-corrected chi connectivity index (χ3v) is 5.36. The van der Waals surface area contributed by atoms with E-state index in [1.807, 2.05) is 6.07 Å². The fourth-order valence-electron chi connectivity index (χ4n) is 2.16. The van der Waals surface area contributed by atoms with E-state index in [9.17, 15) is 13.2 Å². The van der Waals surface area contributed by atoms with Crippen molar-refractivity contribution in [2.75, 3.05) is 18.6 Å². The lowest BCUT2D eigenvalue weighted by Crippen LogP contribution is -2.36. The zero-order chi connectivity index (χ0) is 14.8. The smallest absolute Gasteiger partial charge is 0.246 e. The monoisotopic (exact) mass is 313 g/mol. The molecule has 1 saturated heterocycles. The van der Waals surface area contributed by atoms with E-state index in [-0.39, 0.29) is 23.5 Å². The number of rotatable bonds is 3. The second-order valence-corrected chi connectivity index (χ2v) is 7.56. The summed E-state index contributed by atoms with van der Waals surface area (Å²) in [6.07, 6.45) is 3.63. The second-order valence-electron chi connectivity index (χ2n) is 4.89. The van der Waals surface area contributed by atoms with Gasteiger partial charge in [-0.25, -0.2) is 8.42 Å². The van der Waals surface area contributed by atoms with Crippen LogP contribution in [-0.4, -0.2) is 43.8 Å². The van der Waals surface area contributed by atoms with E-state index in [2.05, 4.69) is 0 Å². The summed E-state index contributed by atoms with van der Waals surface area (Å²) >= 11 is 5.86. The fraction of sp³-hybridized carbons (Fsp3) is 0.357. The third-order valence-electron chi connectivity index (χ3n) is 3.37. The summed E-state index contributed by atoms with van der Waals surface area (Å²) in [7, 11) is -1.35. The molecule has 0 saturated carbocycles. The van der Waals surface area contributed by atoms with Gasteiger partial charge in [-0.1, -0.05) is 23.7 Å². The fourth-order valence-corrected chi connectivity index (χ4v) is 4.13. The van der Waals surface area contributed by atoms with Gasteiger partial charge in [-0.15, -0.1) is 0 Å². The predicted molar refractivity (Wildman–Crippen MR) is 80.3 cm³/mol. The van der Waals surface area contributed by atoms with Crippen molar-refractivity contribution in [3.05, 3.63) is 40.9 Å². The Hall–Kier alpha value is -1.33. The standard InChI is InChI=1S/C14H16ClNO3S/c1-16(13-7-8-20(18,19)10-13)14(17)6-5-11-3-2-4-12(15)9-11/h2-6,9,13H,7-8,10H2,1H3/b6-5+. The third kappa shape index (κ3) is 3.84. The van der Waals surface area contributed by atoms with Gasteiger partial charge in [0.1, 0.15) is 0 Å². The van der Waals surface area contributed by atoms with Gasteiger partial charge in [0.05, 0.1) is 11.5 Å². The number of halogens is 1. The molecule has 1 unspecified atom stereocenters. The van der Waals surface area contributed by atoms with E-state index < -0.39 is 9.84 Å². The Balaban J connectivity index is 2.01. The maximum absolute atomic E-state index is 12.0. The molecule has 1 aromatic carbocycles. The highest BCUT2D eigenvalue weighted by Crippen LogP contribution is 2.17. The van der Waals surface area contributed by atoms with E-state index in [4.69, 9.17) is 11.6 Å². The highest BCUT2D eigenvalue weighted by molar-refractivity contribution is 7.91. The normalized spacial score (nSPS) is 21.2. The summed E-state index contributed by atoms with van der Waals surface area (Å²) in [5, 5.41) is 0.606. The van der Waals surface area contributed by atoms with Gasteiger partial charge in [-0.2, -0.15) is 0 Å². The van der Waals surface area contributed by atoms with Crippen LogP contribution in [0.15, 0.2) is 30.3 Å². The molecule has 0 spiro atoms. The van der Waals surface area contributed by atoms with Crippen molar-refractivity contribution in [2.45, 2.75) is 12.5 Å². The predicted octanol–water partition coefficient (Wildman–Crippen LogP) is 2.00. The lowest BCUT2D eigenvalue weighted by Gasteiger charge is -2.21. The van der Waals surface area contributed by atoms with Crippen LogP contribution in [0.2, 0.25) is 5.02 Å². The van der Waals surface area contributed by atoms with Crippen LogP contribution in [0.1, 0.15) is 12.0 Å². The number of benzene rings is 1. The zero-order valence-electron chi connectivity index (χ0n) is 11.1.